The second kappa shape index (κ2) is 6.48. The third kappa shape index (κ3) is 4.51. The van der Waals surface area contributed by atoms with Crippen LogP contribution in [0.15, 0.2) is 36.9 Å². The molecule has 2 N–H and O–H groups in total. The van der Waals surface area contributed by atoms with Crippen LogP contribution in [0.4, 0.5) is 0 Å². The summed E-state index contributed by atoms with van der Waals surface area (Å²) in [5, 5.41) is 4.95. The van der Waals surface area contributed by atoms with Crippen molar-refractivity contribution in [2.75, 3.05) is 6.54 Å². The normalized spacial score (nSPS) is 9.47. The first kappa shape index (κ1) is 13.0. The standard InChI is InChI=1S/C13H16N2O2/c1-3-8-14-12(16)13(17)15-9-11-6-4-10(2)5-7-11/h3-7H,1,8-9H2,2H3,(H,14,16)(H,15,17). The van der Waals surface area contributed by atoms with E-state index in [1.165, 1.54) is 6.08 Å². The average Bonchev–Trinajstić information content (AvgIpc) is 2.34. The number of amides is 2. The number of carbonyl (C=O) groups is 2. The number of hydrogen-bond acceptors (Lipinski definition) is 2. The van der Waals surface area contributed by atoms with E-state index in [2.05, 4.69) is 17.2 Å². The molecule has 0 unspecified atom stereocenters. The quantitative estimate of drug-likeness (QED) is 0.599. The van der Waals surface area contributed by atoms with Gasteiger partial charge in [0.1, 0.15) is 0 Å². The molecular formula is C13H16N2O2. The average molecular weight is 232 g/mol. The maximum Gasteiger partial charge on any atom is 0.309 e. The second-order valence-corrected chi connectivity index (χ2v) is 3.67. The molecule has 17 heavy (non-hydrogen) atoms. The summed E-state index contributed by atoms with van der Waals surface area (Å²) >= 11 is 0. The van der Waals surface area contributed by atoms with E-state index in [1.54, 1.807) is 0 Å². The van der Waals surface area contributed by atoms with Gasteiger partial charge in [-0.05, 0) is 12.5 Å². The summed E-state index contributed by atoms with van der Waals surface area (Å²) in [5.74, 6) is -1.27. The van der Waals surface area contributed by atoms with E-state index < -0.39 is 11.8 Å². The molecule has 0 radical (unpaired) electrons. The van der Waals surface area contributed by atoms with Crippen LogP contribution in [0, 0.1) is 6.92 Å². The number of nitrogens with one attached hydrogen (secondary N) is 2. The van der Waals surface area contributed by atoms with Crippen molar-refractivity contribution in [1.29, 1.82) is 0 Å². The number of rotatable bonds is 4. The zero-order chi connectivity index (χ0) is 12.7. The van der Waals surface area contributed by atoms with Crippen molar-refractivity contribution in [2.45, 2.75) is 13.5 Å². The van der Waals surface area contributed by atoms with Crippen LogP contribution in [-0.2, 0) is 16.1 Å². The Morgan fingerprint density at radius 2 is 1.76 bits per heavy atom. The molecule has 0 aliphatic rings. The molecule has 0 saturated heterocycles. The van der Waals surface area contributed by atoms with Gasteiger partial charge in [-0.25, -0.2) is 0 Å². The molecule has 4 heteroatoms. The van der Waals surface area contributed by atoms with Gasteiger partial charge in [-0.3, -0.25) is 9.59 Å². The largest absolute Gasteiger partial charge is 0.344 e. The van der Waals surface area contributed by atoms with Crippen molar-refractivity contribution in [3.63, 3.8) is 0 Å². The van der Waals surface area contributed by atoms with Gasteiger partial charge in [-0.15, -0.1) is 6.58 Å². The number of aryl methyl sites for hydroxylation is 1. The summed E-state index contributed by atoms with van der Waals surface area (Å²) in [6.07, 6.45) is 1.52. The molecular weight excluding hydrogens is 216 g/mol. The molecule has 1 rings (SSSR count). The summed E-state index contributed by atoms with van der Waals surface area (Å²) in [4.78, 5) is 22.5. The highest BCUT2D eigenvalue weighted by Crippen LogP contribution is 2.02. The van der Waals surface area contributed by atoms with E-state index in [0.717, 1.165) is 11.1 Å². The molecule has 0 fully saturated rings. The zero-order valence-electron chi connectivity index (χ0n) is 9.82. The van der Waals surface area contributed by atoms with Crippen LogP contribution in [0.25, 0.3) is 0 Å². The lowest BCUT2D eigenvalue weighted by molar-refractivity contribution is -0.139. The van der Waals surface area contributed by atoms with E-state index >= 15 is 0 Å². The van der Waals surface area contributed by atoms with E-state index in [1.807, 2.05) is 31.2 Å². The van der Waals surface area contributed by atoms with Gasteiger partial charge in [-0.2, -0.15) is 0 Å². The third-order valence-corrected chi connectivity index (χ3v) is 2.19. The molecule has 0 bridgehead atoms. The van der Waals surface area contributed by atoms with Gasteiger partial charge in [0.15, 0.2) is 0 Å². The van der Waals surface area contributed by atoms with Crippen molar-refractivity contribution in [1.82, 2.24) is 10.6 Å². The maximum absolute atomic E-state index is 11.3. The first-order valence-corrected chi connectivity index (χ1v) is 5.36. The first-order valence-electron chi connectivity index (χ1n) is 5.36. The molecule has 0 spiro atoms. The lowest BCUT2D eigenvalue weighted by atomic mass is 10.1. The lowest BCUT2D eigenvalue weighted by Gasteiger charge is -2.05. The van der Waals surface area contributed by atoms with Gasteiger partial charge in [-0.1, -0.05) is 35.9 Å². The van der Waals surface area contributed by atoms with E-state index in [4.69, 9.17) is 0 Å². The molecule has 0 heterocycles. The van der Waals surface area contributed by atoms with E-state index in [0.29, 0.717) is 6.54 Å². The summed E-state index contributed by atoms with van der Waals surface area (Å²) in [7, 11) is 0. The monoisotopic (exact) mass is 232 g/mol. The molecule has 4 nitrogen and oxygen atoms in total. The molecule has 0 aromatic heterocycles. The molecule has 0 aliphatic heterocycles. The Bertz CT molecular complexity index is 410. The molecule has 2 amide bonds. The highest BCUT2D eigenvalue weighted by Gasteiger charge is 2.11. The fourth-order valence-corrected chi connectivity index (χ4v) is 1.21. The Kier molecular flexibility index (Phi) is 4.94. The number of hydrogen-bond donors (Lipinski definition) is 2. The van der Waals surface area contributed by atoms with Crippen LogP contribution < -0.4 is 10.6 Å². The molecule has 1 aromatic rings. The fraction of sp³-hybridized carbons (Fsp3) is 0.231. The molecule has 90 valence electrons. The molecule has 1 aromatic carbocycles. The topological polar surface area (TPSA) is 58.2 Å². The highest BCUT2D eigenvalue weighted by atomic mass is 16.2. The van der Waals surface area contributed by atoms with Gasteiger partial charge in [0.05, 0.1) is 0 Å². The minimum absolute atomic E-state index is 0.288. The summed E-state index contributed by atoms with van der Waals surface area (Å²) in [5.41, 5.74) is 2.12. The zero-order valence-corrected chi connectivity index (χ0v) is 9.82. The molecule has 0 aliphatic carbocycles. The SMILES string of the molecule is C=CCNC(=O)C(=O)NCc1ccc(C)cc1. The Labute approximate surface area is 101 Å². The van der Waals surface area contributed by atoms with Crippen LogP contribution in [-0.4, -0.2) is 18.4 Å². The Morgan fingerprint density at radius 1 is 1.18 bits per heavy atom. The van der Waals surface area contributed by atoms with Crippen molar-refractivity contribution in [2.24, 2.45) is 0 Å². The number of carbonyl (C=O) groups excluding carboxylic acids is 2. The Hall–Kier alpha value is -2.10. The van der Waals surface area contributed by atoms with Crippen LogP contribution in [0.3, 0.4) is 0 Å². The van der Waals surface area contributed by atoms with Gasteiger partial charge in [0.2, 0.25) is 0 Å². The Balaban J connectivity index is 2.40. The van der Waals surface area contributed by atoms with Crippen LogP contribution in [0.2, 0.25) is 0 Å². The van der Waals surface area contributed by atoms with Gasteiger partial charge < -0.3 is 10.6 Å². The Morgan fingerprint density at radius 3 is 2.35 bits per heavy atom. The first-order chi connectivity index (χ1) is 8.13. The second-order valence-electron chi connectivity index (χ2n) is 3.67. The van der Waals surface area contributed by atoms with E-state index in [-0.39, 0.29) is 6.54 Å². The van der Waals surface area contributed by atoms with Crippen LogP contribution in [0.5, 0.6) is 0 Å². The van der Waals surface area contributed by atoms with Crippen LogP contribution >= 0.6 is 0 Å². The van der Waals surface area contributed by atoms with Gasteiger partial charge in [0.25, 0.3) is 0 Å². The predicted octanol–water partition coefficient (Wildman–Crippen LogP) is 0.913. The highest BCUT2D eigenvalue weighted by molar-refractivity contribution is 6.35. The molecule has 0 saturated carbocycles. The third-order valence-electron chi connectivity index (χ3n) is 2.19. The van der Waals surface area contributed by atoms with Crippen molar-refractivity contribution >= 4 is 11.8 Å². The maximum atomic E-state index is 11.3. The minimum atomic E-state index is -0.642. The fourth-order valence-electron chi connectivity index (χ4n) is 1.21. The molecule has 0 atom stereocenters. The summed E-state index contributed by atoms with van der Waals surface area (Å²) in [6, 6.07) is 7.74. The van der Waals surface area contributed by atoms with Gasteiger partial charge >= 0.3 is 11.8 Å². The van der Waals surface area contributed by atoms with Crippen molar-refractivity contribution < 1.29 is 9.59 Å². The smallest absolute Gasteiger partial charge is 0.309 e. The van der Waals surface area contributed by atoms with Crippen LogP contribution in [0.1, 0.15) is 11.1 Å². The minimum Gasteiger partial charge on any atom is -0.344 e. The lowest BCUT2D eigenvalue weighted by Crippen LogP contribution is -2.39. The summed E-state index contributed by atoms with van der Waals surface area (Å²) in [6.45, 7) is 6.07. The van der Waals surface area contributed by atoms with E-state index in [9.17, 15) is 9.59 Å². The van der Waals surface area contributed by atoms with Gasteiger partial charge in [0, 0.05) is 13.1 Å². The van der Waals surface area contributed by atoms with Crippen molar-refractivity contribution in [3.8, 4) is 0 Å². The van der Waals surface area contributed by atoms with Crippen molar-refractivity contribution in [3.05, 3.63) is 48.0 Å². The predicted molar refractivity (Wildman–Crippen MR) is 66.2 cm³/mol. The number of benzene rings is 1. The summed E-state index contributed by atoms with van der Waals surface area (Å²) < 4.78 is 0.